The van der Waals surface area contributed by atoms with Gasteiger partial charge in [0.05, 0.1) is 10.2 Å². The minimum Gasteiger partial charge on any atom is -0.326 e. The zero-order chi connectivity index (χ0) is 16.4. The molecule has 2 aromatic carbocycles. The van der Waals surface area contributed by atoms with E-state index < -0.39 is 0 Å². The van der Waals surface area contributed by atoms with E-state index in [1.165, 1.54) is 11.3 Å². The number of nitrogens with one attached hydrogen (secondary N) is 1. The molecule has 0 spiro atoms. The number of halogens is 1. The highest BCUT2D eigenvalue weighted by Crippen LogP contribution is 2.22. The standard InChI is InChI=1S/C17H15ClN2O2S/c1-20-14-8-7-12(10-15(14)23-17(20)22)19-16(21)9-6-11-4-2-3-5-13(11)18/h2-5,7-8,10H,6,9H2,1H3,(H,19,21). The third kappa shape index (κ3) is 3.46. The number of fused-ring (bicyclic) bond motifs is 1. The Hall–Kier alpha value is -2.11. The molecule has 0 aliphatic heterocycles. The zero-order valence-electron chi connectivity index (χ0n) is 12.5. The molecular weight excluding hydrogens is 332 g/mol. The topological polar surface area (TPSA) is 51.1 Å². The molecule has 3 aromatic rings. The van der Waals surface area contributed by atoms with Gasteiger partial charge >= 0.3 is 4.87 Å². The van der Waals surface area contributed by atoms with Gasteiger partial charge < -0.3 is 9.88 Å². The van der Waals surface area contributed by atoms with Crippen LogP contribution in [0.4, 0.5) is 5.69 Å². The van der Waals surface area contributed by atoms with Crippen LogP contribution in [0, 0.1) is 0 Å². The molecule has 1 amide bonds. The summed E-state index contributed by atoms with van der Waals surface area (Å²) in [7, 11) is 1.74. The number of hydrogen-bond donors (Lipinski definition) is 1. The van der Waals surface area contributed by atoms with Crippen LogP contribution in [0.15, 0.2) is 47.3 Å². The fourth-order valence-corrected chi connectivity index (χ4v) is 3.53. The molecule has 0 bridgehead atoms. The minimum atomic E-state index is -0.0763. The molecule has 0 saturated heterocycles. The fourth-order valence-electron chi connectivity index (χ4n) is 2.38. The fraction of sp³-hybridized carbons (Fsp3) is 0.176. The molecule has 1 aromatic heterocycles. The SMILES string of the molecule is Cn1c(=O)sc2cc(NC(=O)CCc3ccccc3Cl)ccc21. The van der Waals surface area contributed by atoms with Crippen LogP contribution < -0.4 is 10.2 Å². The van der Waals surface area contributed by atoms with E-state index >= 15 is 0 Å². The lowest BCUT2D eigenvalue weighted by Crippen LogP contribution is -2.12. The summed E-state index contributed by atoms with van der Waals surface area (Å²) in [4.78, 5) is 23.7. The second kappa shape index (κ2) is 6.56. The molecule has 23 heavy (non-hydrogen) atoms. The minimum absolute atomic E-state index is 0.0119. The van der Waals surface area contributed by atoms with Crippen LogP contribution in [0.1, 0.15) is 12.0 Å². The molecule has 118 valence electrons. The first kappa shape index (κ1) is 15.8. The van der Waals surface area contributed by atoms with Crippen LogP contribution in [0.5, 0.6) is 0 Å². The predicted molar refractivity (Wildman–Crippen MR) is 95.5 cm³/mol. The maximum Gasteiger partial charge on any atom is 0.307 e. The molecule has 0 unspecified atom stereocenters. The van der Waals surface area contributed by atoms with Crippen molar-refractivity contribution < 1.29 is 4.79 Å². The highest BCUT2D eigenvalue weighted by molar-refractivity contribution is 7.16. The number of hydrogen-bond acceptors (Lipinski definition) is 3. The third-order valence-electron chi connectivity index (χ3n) is 3.66. The van der Waals surface area contributed by atoms with Crippen LogP contribution in [0.2, 0.25) is 5.02 Å². The summed E-state index contributed by atoms with van der Waals surface area (Å²) in [6, 6.07) is 13.0. The van der Waals surface area contributed by atoms with Gasteiger partial charge in [-0.15, -0.1) is 0 Å². The van der Waals surface area contributed by atoms with Gasteiger partial charge in [0.25, 0.3) is 0 Å². The first-order valence-corrected chi connectivity index (χ1v) is 8.37. The average Bonchev–Trinajstić information content (AvgIpc) is 2.81. The van der Waals surface area contributed by atoms with Crippen LogP contribution in [-0.4, -0.2) is 10.5 Å². The van der Waals surface area contributed by atoms with Gasteiger partial charge in [0.15, 0.2) is 0 Å². The highest BCUT2D eigenvalue weighted by Gasteiger charge is 2.08. The van der Waals surface area contributed by atoms with Crippen molar-refractivity contribution in [1.29, 1.82) is 0 Å². The molecule has 0 aliphatic carbocycles. The Balaban J connectivity index is 1.68. The van der Waals surface area contributed by atoms with Crippen LogP contribution in [-0.2, 0) is 18.3 Å². The van der Waals surface area contributed by atoms with Gasteiger partial charge in [0.2, 0.25) is 5.91 Å². The Bertz CT molecular complexity index is 930. The van der Waals surface area contributed by atoms with Crippen LogP contribution in [0.25, 0.3) is 10.2 Å². The number of thiazole rings is 1. The first-order chi connectivity index (χ1) is 11.0. The lowest BCUT2D eigenvalue weighted by atomic mass is 10.1. The summed E-state index contributed by atoms with van der Waals surface area (Å²) in [6.45, 7) is 0. The number of anilines is 1. The quantitative estimate of drug-likeness (QED) is 0.780. The number of carbonyl (C=O) groups excluding carboxylic acids is 1. The zero-order valence-corrected chi connectivity index (χ0v) is 14.1. The summed E-state index contributed by atoms with van der Waals surface area (Å²) in [5.74, 6) is -0.0763. The van der Waals surface area contributed by atoms with E-state index in [-0.39, 0.29) is 10.8 Å². The molecule has 1 heterocycles. The number of benzene rings is 2. The molecule has 0 fully saturated rings. The summed E-state index contributed by atoms with van der Waals surface area (Å²) < 4.78 is 2.46. The van der Waals surface area contributed by atoms with E-state index in [1.807, 2.05) is 42.5 Å². The number of aromatic nitrogens is 1. The summed E-state index contributed by atoms with van der Waals surface area (Å²) in [5.41, 5.74) is 2.53. The molecule has 4 nitrogen and oxygen atoms in total. The molecule has 0 radical (unpaired) electrons. The van der Waals surface area contributed by atoms with Crippen LogP contribution >= 0.6 is 22.9 Å². The van der Waals surface area contributed by atoms with Crippen molar-refractivity contribution in [2.24, 2.45) is 7.05 Å². The van der Waals surface area contributed by atoms with Crippen molar-refractivity contribution in [2.45, 2.75) is 12.8 Å². The molecule has 1 N–H and O–H groups in total. The number of nitrogens with zero attached hydrogens (tertiary/aromatic N) is 1. The molecule has 3 rings (SSSR count). The number of carbonyl (C=O) groups is 1. The van der Waals surface area contributed by atoms with E-state index in [0.717, 1.165) is 15.8 Å². The number of aryl methyl sites for hydroxylation is 2. The van der Waals surface area contributed by atoms with Gasteiger partial charge in [-0.3, -0.25) is 9.59 Å². The van der Waals surface area contributed by atoms with Gasteiger partial charge in [0.1, 0.15) is 0 Å². The van der Waals surface area contributed by atoms with E-state index in [2.05, 4.69) is 5.32 Å². The van der Waals surface area contributed by atoms with Crippen LogP contribution in [0.3, 0.4) is 0 Å². The lowest BCUT2D eigenvalue weighted by molar-refractivity contribution is -0.116. The van der Waals surface area contributed by atoms with Gasteiger partial charge in [-0.25, -0.2) is 0 Å². The first-order valence-electron chi connectivity index (χ1n) is 7.17. The number of amides is 1. The van der Waals surface area contributed by atoms with Crippen molar-refractivity contribution >= 4 is 44.7 Å². The molecule has 0 saturated carbocycles. The smallest absolute Gasteiger partial charge is 0.307 e. The molecule has 0 aliphatic rings. The second-order valence-electron chi connectivity index (χ2n) is 5.25. The maximum absolute atomic E-state index is 12.1. The largest absolute Gasteiger partial charge is 0.326 e. The number of rotatable bonds is 4. The van der Waals surface area contributed by atoms with Gasteiger partial charge in [-0.05, 0) is 36.2 Å². The van der Waals surface area contributed by atoms with Crippen molar-refractivity contribution in [2.75, 3.05) is 5.32 Å². The summed E-state index contributed by atoms with van der Waals surface area (Å²) in [5, 5.41) is 3.54. The highest BCUT2D eigenvalue weighted by atomic mass is 35.5. The average molecular weight is 347 g/mol. The van der Waals surface area contributed by atoms with Crippen molar-refractivity contribution in [3.05, 3.63) is 62.7 Å². The molecule has 6 heteroatoms. The monoisotopic (exact) mass is 346 g/mol. The Morgan fingerprint density at radius 1 is 1.26 bits per heavy atom. The van der Waals surface area contributed by atoms with Gasteiger partial charge in [0, 0.05) is 24.2 Å². The molecule has 0 atom stereocenters. The van der Waals surface area contributed by atoms with Crippen molar-refractivity contribution in [3.8, 4) is 0 Å². The van der Waals surface area contributed by atoms with Crippen molar-refractivity contribution in [3.63, 3.8) is 0 Å². The Morgan fingerprint density at radius 2 is 2.04 bits per heavy atom. The van der Waals surface area contributed by atoms with E-state index in [9.17, 15) is 9.59 Å². The van der Waals surface area contributed by atoms with Gasteiger partial charge in [-0.2, -0.15) is 0 Å². The Morgan fingerprint density at radius 3 is 2.83 bits per heavy atom. The normalized spacial score (nSPS) is 10.9. The van der Waals surface area contributed by atoms with Gasteiger partial charge in [-0.1, -0.05) is 41.1 Å². The second-order valence-corrected chi connectivity index (χ2v) is 6.65. The Kier molecular flexibility index (Phi) is 4.50. The Labute approximate surface area is 142 Å². The van der Waals surface area contributed by atoms with E-state index in [1.54, 1.807) is 11.6 Å². The maximum atomic E-state index is 12.1. The third-order valence-corrected chi connectivity index (χ3v) is 5.02. The lowest BCUT2D eigenvalue weighted by Gasteiger charge is -2.06. The van der Waals surface area contributed by atoms with E-state index in [0.29, 0.717) is 23.6 Å². The summed E-state index contributed by atoms with van der Waals surface area (Å²) >= 11 is 7.26. The molecular formula is C17H15ClN2O2S. The van der Waals surface area contributed by atoms with Crippen molar-refractivity contribution in [1.82, 2.24) is 4.57 Å². The van der Waals surface area contributed by atoms with E-state index in [4.69, 9.17) is 11.6 Å². The predicted octanol–water partition coefficient (Wildman–Crippen LogP) is 3.82. The summed E-state index contributed by atoms with van der Waals surface area (Å²) in [6.07, 6.45) is 0.944.